The Bertz CT molecular complexity index is 1340. The standard InChI is InChI=1S/C28H29N7O2/c29-16-19-6-8-21(9-7-19)25-30-17-22(18-31-25)27(36)35(23-10-11-23)24-12-14-34(15-13-24)28-32-26(33-37-28)20-4-2-1-3-5-20/h1-9,17-18,23-24H,10-16,29H2. The minimum atomic E-state index is 0.00938. The summed E-state index contributed by atoms with van der Waals surface area (Å²) in [6.07, 6.45) is 7.07. The first kappa shape index (κ1) is 23.3. The Kier molecular flexibility index (Phi) is 6.36. The van der Waals surface area contributed by atoms with Gasteiger partial charge in [0.25, 0.3) is 5.91 Å². The molecule has 9 heteroatoms. The summed E-state index contributed by atoms with van der Waals surface area (Å²) >= 11 is 0. The van der Waals surface area contributed by atoms with E-state index in [-0.39, 0.29) is 11.9 Å². The number of carbonyl (C=O) groups excluding carboxylic acids is 1. The first-order chi connectivity index (χ1) is 18.2. The summed E-state index contributed by atoms with van der Waals surface area (Å²) in [5.41, 5.74) is 9.10. The molecular formula is C28H29N7O2. The topological polar surface area (TPSA) is 114 Å². The Balaban J connectivity index is 1.12. The average molecular weight is 496 g/mol. The number of hydrogen-bond donors (Lipinski definition) is 1. The Hall–Kier alpha value is -4.11. The molecule has 37 heavy (non-hydrogen) atoms. The second-order valence-corrected chi connectivity index (χ2v) is 9.62. The van der Waals surface area contributed by atoms with Crippen molar-refractivity contribution >= 4 is 11.9 Å². The largest absolute Gasteiger partial charge is 0.332 e. The minimum Gasteiger partial charge on any atom is -0.332 e. The Morgan fingerprint density at radius 3 is 2.19 bits per heavy atom. The number of amides is 1. The third kappa shape index (κ3) is 4.95. The number of carbonyl (C=O) groups is 1. The van der Waals surface area contributed by atoms with Crippen molar-refractivity contribution in [1.29, 1.82) is 0 Å². The van der Waals surface area contributed by atoms with Crippen molar-refractivity contribution in [2.75, 3.05) is 18.0 Å². The molecule has 188 valence electrons. The van der Waals surface area contributed by atoms with E-state index in [0.717, 1.165) is 55.5 Å². The molecule has 2 aliphatic rings. The highest BCUT2D eigenvalue weighted by Crippen LogP contribution is 2.34. The third-order valence-electron chi connectivity index (χ3n) is 7.10. The molecule has 1 saturated carbocycles. The van der Waals surface area contributed by atoms with Gasteiger partial charge in [-0.1, -0.05) is 59.8 Å². The van der Waals surface area contributed by atoms with Crippen molar-refractivity contribution in [3.63, 3.8) is 0 Å². The molecule has 4 aromatic rings. The molecule has 3 heterocycles. The lowest BCUT2D eigenvalue weighted by molar-refractivity contribution is 0.0628. The predicted molar refractivity (Wildman–Crippen MR) is 140 cm³/mol. The summed E-state index contributed by atoms with van der Waals surface area (Å²) in [5, 5.41) is 4.15. The lowest BCUT2D eigenvalue weighted by Gasteiger charge is -2.38. The molecule has 0 bridgehead atoms. The highest BCUT2D eigenvalue weighted by Gasteiger charge is 2.39. The molecule has 9 nitrogen and oxygen atoms in total. The van der Waals surface area contributed by atoms with Crippen LogP contribution in [0.3, 0.4) is 0 Å². The summed E-state index contributed by atoms with van der Waals surface area (Å²) in [6, 6.07) is 18.6. The van der Waals surface area contributed by atoms with Crippen LogP contribution in [0.15, 0.2) is 71.5 Å². The SMILES string of the molecule is NCc1ccc(-c2ncc(C(=O)N(C3CC3)C3CCN(c4nc(-c5ccccc5)no4)CC3)cn2)cc1. The van der Waals surface area contributed by atoms with Crippen molar-refractivity contribution in [3.8, 4) is 22.8 Å². The maximum atomic E-state index is 13.5. The first-order valence-electron chi connectivity index (χ1n) is 12.8. The number of nitrogens with two attached hydrogens (primary N) is 1. The number of piperidine rings is 1. The van der Waals surface area contributed by atoms with Crippen molar-refractivity contribution in [1.82, 2.24) is 25.0 Å². The summed E-state index contributed by atoms with van der Waals surface area (Å²) in [5.74, 6) is 1.20. The first-order valence-corrected chi connectivity index (χ1v) is 12.8. The monoisotopic (exact) mass is 495 g/mol. The third-order valence-corrected chi connectivity index (χ3v) is 7.10. The molecule has 1 amide bonds. The van der Waals surface area contributed by atoms with Crippen LogP contribution in [0, 0.1) is 0 Å². The van der Waals surface area contributed by atoms with Crippen LogP contribution in [0.5, 0.6) is 0 Å². The van der Waals surface area contributed by atoms with E-state index in [0.29, 0.717) is 35.8 Å². The molecule has 0 atom stereocenters. The lowest BCUT2D eigenvalue weighted by Crippen LogP contribution is -2.48. The average Bonchev–Trinajstić information content (AvgIpc) is 3.68. The van der Waals surface area contributed by atoms with Gasteiger partial charge in [0.2, 0.25) is 5.82 Å². The van der Waals surface area contributed by atoms with Gasteiger partial charge in [0.05, 0.1) is 5.56 Å². The van der Waals surface area contributed by atoms with Crippen LogP contribution in [0.25, 0.3) is 22.8 Å². The van der Waals surface area contributed by atoms with E-state index in [1.54, 1.807) is 12.4 Å². The molecule has 0 unspecified atom stereocenters. The predicted octanol–water partition coefficient (Wildman–Crippen LogP) is 3.93. The summed E-state index contributed by atoms with van der Waals surface area (Å²) in [7, 11) is 0. The molecule has 0 radical (unpaired) electrons. The fourth-order valence-corrected chi connectivity index (χ4v) is 4.89. The van der Waals surface area contributed by atoms with Crippen molar-refractivity contribution in [2.24, 2.45) is 5.73 Å². The molecule has 1 aliphatic carbocycles. The van der Waals surface area contributed by atoms with Gasteiger partial charge in [-0.3, -0.25) is 4.79 Å². The zero-order valence-electron chi connectivity index (χ0n) is 20.5. The van der Waals surface area contributed by atoms with Crippen LogP contribution in [0.2, 0.25) is 0 Å². The van der Waals surface area contributed by atoms with Gasteiger partial charge in [-0.05, 0) is 31.2 Å². The van der Waals surface area contributed by atoms with Crippen molar-refractivity contribution < 1.29 is 9.32 Å². The van der Waals surface area contributed by atoms with E-state index in [4.69, 9.17) is 10.3 Å². The van der Waals surface area contributed by atoms with Crippen molar-refractivity contribution in [2.45, 2.75) is 44.3 Å². The zero-order valence-corrected chi connectivity index (χ0v) is 20.5. The van der Waals surface area contributed by atoms with Gasteiger partial charge >= 0.3 is 6.01 Å². The van der Waals surface area contributed by atoms with E-state index < -0.39 is 0 Å². The van der Waals surface area contributed by atoms with E-state index in [1.807, 2.05) is 54.6 Å². The Morgan fingerprint density at radius 1 is 0.892 bits per heavy atom. The van der Waals surface area contributed by atoms with Gasteiger partial charge in [-0.15, -0.1) is 0 Å². The van der Waals surface area contributed by atoms with Crippen LogP contribution in [-0.4, -0.2) is 56.1 Å². The van der Waals surface area contributed by atoms with Gasteiger partial charge in [-0.2, -0.15) is 4.98 Å². The molecule has 1 saturated heterocycles. The molecule has 2 fully saturated rings. The molecular weight excluding hydrogens is 466 g/mol. The number of rotatable bonds is 7. The number of hydrogen-bond acceptors (Lipinski definition) is 8. The van der Waals surface area contributed by atoms with Gasteiger partial charge < -0.3 is 20.1 Å². The van der Waals surface area contributed by atoms with Gasteiger partial charge in [0.15, 0.2) is 5.82 Å². The van der Waals surface area contributed by atoms with Gasteiger partial charge in [-0.25, -0.2) is 9.97 Å². The number of benzene rings is 2. The number of aromatic nitrogens is 4. The summed E-state index contributed by atoms with van der Waals surface area (Å²) in [4.78, 5) is 31.3. The summed E-state index contributed by atoms with van der Waals surface area (Å²) < 4.78 is 5.55. The van der Waals surface area contributed by atoms with Crippen LogP contribution in [0.4, 0.5) is 6.01 Å². The minimum absolute atomic E-state index is 0.00938. The lowest BCUT2D eigenvalue weighted by atomic mass is 10.0. The van der Waals surface area contributed by atoms with E-state index in [9.17, 15) is 4.79 Å². The summed E-state index contributed by atoms with van der Waals surface area (Å²) in [6.45, 7) is 2.01. The highest BCUT2D eigenvalue weighted by atomic mass is 16.5. The maximum Gasteiger partial charge on any atom is 0.324 e. The zero-order chi connectivity index (χ0) is 25.2. The van der Waals surface area contributed by atoms with Gasteiger partial charge in [0, 0.05) is 55.2 Å². The molecule has 1 aliphatic heterocycles. The molecule has 2 aromatic carbocycles. The second-order valence-electron chi connectivity index (χ2n) is 9.62. The van der Waals surface area contributed by atoms with Crippen LogP contribution >= 0.6 is 0 Å². The molecule has 0 spiro atoms. The fourth-order valence-electron chi connectivity index (χ4n) is 4.89. The Morgan fingerprint density at radius 2 is 1.54 bits per heavy atom. The maximum absolute atomic E-state index is 13.5. The van der Waals surface area contributed by atoms with Crippen LogP contribution in [0.1, 0.15) is 41.6 Å². The fraction of sp³-hybridized carbons (Fsp3) is 0.321. The molecule has 2 aromatic heterocycles. The molecule has 6 rings (SSSR count). The van der Waals surface area contributed by atoms with Crippen molar-refractivity contribution in [3.05, 3.63) is 78.1 Å². The van der Waals surface area contributed by atoms with Crippen LogP contribution in [-0.2, 0) is 6.54 Å². The number of anilines is 1. The van der Waals surface area contributed by atoms with Crippen LogP contribution < -0.4 is 10.6 Å². The number of nitrogens with zero attached hydrogens (tertiary/aromatic N) is 6. The van der Waals surface area contributed by atoms with E-state index >= 15 is 0 Å². The quantitative estimate of drug-likeness (QED) is 0.410. The smallest absolute Gasteiger partial charge is 0.324 e. The second kappa shape index (κ2) is 10.1. The van der Waals surface area contributed by atoms with E-state index in [2.05, 4.69) is 29.9 Å². The normalized spacial score (nSPS) is 16.1. The van der Waals surface area contributed by atoms with Gasteiger partial charge in [0.1, 0.15) is 0 Å². The van der Waals surface area contributed by atoms with E-state index in [1.165, 1.54) is 0 Å². The highest BCUT2D eigenvalue weighted by molar-refractivity contribution is 5.94. The molecule has 2 N–H and O–H groups in total. The Labute approximate surface area is 215 Å².